The third-order valence-corrected chi connectivity index (χ3v) is 5.81. The van der Waals surface area contributed by atoms with Gasteiger partial charge in [-0.2, -0.15) is 0 Å². The molecule has 0 fully saturated rings. The zero-order valence-electron chi connectivity index (χ0n) is 15.3. The van der Waals surface area contributed by atoms with Crippen LogP contribution >= 0.6 is 0 Å². The van der Waals surface area contributed by atoms with E-state index < -0.39 is 21.5 Å². The van der Waals surface area contributed by atoms with E-state index in [0.717, 1.165) is 0 Å². The lowest BCUT2D eigenvalue weighted by atomic mass is 10.0. The van der Waals surface area contributed by atoms with Gasteiger partial charge in [0.05, 0.1) is 4.90 Å². The molecule has 0 aromatic heterocycles. The standard InChI is InChI=1S/C19H23FN2O3S/c1-5-19(3,4)22-26(24,25)16-8-6-7-14(12-16)18(23)21-15-9-10-17(20)13(2)11-15/h6-12,22H,5H2,1-4H3,(H,21,23). The Kier molecular flexibility index (Phi) is 5.83. The number of hydrogen-bond donors (Lipinski definition) is 2. The summed E-state index contributed by atoms with van der Waals surface area (Å²) in [5.74, 6) is -0.830. The molecule has 0 radical (unpaired) electrons. The molecule has 0 unspecified atom stereocenters. The van der Waals surface area contributed by atoms with Crippen molar-refractivity contribution in [3.63, 3.8) is 0 Å². The molecule has 0 aliphatic carbocycles. The lowest BCUT2D eigenvalue weighted by Crippen LogP contribution is -2.42. The van der Waals surface area contributed by atoms with Crippen LogP contribution in [0, 0.1) is 12.7 Å². The maximum absolute atomic E-state index is 13.3. The van der Waals surface area contributed by atoms with Crippen LogP contribution in [0.4, 0.5) is 10.1 Å². The summed E-state index contributed by atoms with van der Waals surface area (Å²) in [6.45, 7) is 7.06. The van der Waals surface area contributed by atoms with Gasteiger partial charge in [-0.25, -0.2) is 17.5 Å². The maximum Gasteiger partial charge on any atom is 0.255 e. The van der Waals surface area contributed by atoms with Gasteiger partial charge >= 0.3 is 0 Å². The molecule has 0 atom stereocenters. The van der Waals surface area contributed by atoms with Crippen LogP contribution in [0.15, 0.2) is 47.4 Å². The van der Waals surface area contributed by atoms with Gasteiger partial charge in [0, 0.05) is 16.8 Å². The van der Waals surface area contributed by atoms with Gasteiger partial charge in [-0.15, -0.1) is 0 Å². The number of rotatable bonds is 6. The lowest BCUT2D eigenvalue weighted by molar-refractivity contribution is 0.102. The Hall–Kier alpha value is -2.25. The lowest BCUT2D eigenvalue weighted by Gasteiger charge is -2.24. The predicted octanol–water partition coefficient (Wildman–Crippen LogP) is 3.85. The first-order chi connectivity index (χ1) is 12.0. The number of benzene rings is 2. The van der Waals surface area contributed by atoms with Crippen molar-refractivity contribution in [3.05, 3.63) is 59.4 Å². The third kappa shape index (κ3) is 4.89. The van der Waals surface area contributed by atoms with Crippen LogP contribution in [0.25, 0.3) is 0 Å². The molecule has 0 heterocycles. The van der Waals surface area contributed by atoms with E-state index in [0.29, 0.717) is 17.7 Å². The second-order valence-corrected chi connectivity index (χ2v) is 8.47. The highest BCUT2D eigenvalue weighted by molar-refractivity contribution is 7.89. The molecule has 2 aromatic carbocycles. The Labute approximate surface area is 153 Å². The SMILES string of the molecule is CCC(C)(C)NS(=O)(=O)c1cccc(C(=O)Nc2ccc(F)c(C)c2)c1. The Bertz CT molecular complexity index is 924. The van der Waals surface area contributed by atoms with Crippen LogP contribution in [-0.2, 0) is 10.0 Å². The molecular formula is C19H23FN2O3S. The molecular weight excluding hydrogens is 355 g/mol. The van der Waals surface area contributed by atoms with Crippen LogP contribution in [0.5, 0.6) is 0 Å². The average Bonchev–Trinajstić information content (AvgIpc) is 2.57. The van der Waals surface area contributed by atoms with Crippen molar-refractivity contribution in [2.45, 2.75) is 44.6 Å². The molecule has 2 N–H and O–H groups in total. The number of anilines is 1. The Morgan fingerprint density at radius 1 is 1.15 bits per heavy atom. The van der Waals surface area contributed by atoms with E-state index in [4.69, 9.17) is 0 Å². The normalized spacial score (nSPS) is 12.0. The smallest absolute Gasteiger partial charge is 0.255 e. The first-order valence-corrected chi connectivity index (χ1v) is 9.74. The van der Waals surface area contributed by atoms with E-state index in [1.54, 1.807) is 20.8 Å². The molecule has 7 heteroatoms. The van der Waals surface area contributed by atoms with E-state index in [1.165, 1.54) is 42.5 Å². The third-order valence-electron chi connectivity index (χ3n) is 4.12. The minimum Gasteiger partial charge on any atom is -0.322 e. The van der Waals surface area contributed by atoms with Gasteiger partial charge in [0.2, 0.25) is 10.0 Å². The zero-order chi connectivity index (χ0) is 19.5. The number of sulfonamides is 1. The van der Waals surface area contributed by atoms with E-state index in [1.807, 2.05) is 6.92 Å². The van der Waals surface area contributed by atoms with Gasteiger partial charge in [0.25, 0.3) is 5.91 Å². The molecule has 5 nitrogen and oxygen atoms in total. The van der Waals surface area contributed by atoms with Gasteiger partial charge in [-0.3, -0.25) is 4.79 Å². The summed E-state index contributed by atoms with van der Waals surface area (Å²) < 4.78 is 41.0. The number of nitrogens with one attached hydrogen (secondary N) is 2. The van der Waals surface area contributed by atoms with Crippen LogP contribution in [0.2, 0.25) is 0 Å². The van der Waals surface area contributed by atoms with Gasteiger partial charge < -0.3 is 5.32 Å². The first kappa shape index (κ1) is 20.1. The monoisotopic (exact) mass is 378 g/mol. The molecule has 0 aliphatic rings. The van der Waals surface area contributed by atoms with E-state index in [2.05, 4.69) is 10.0 Å². The fourth-order valence-electron chi connectivity index (χ4n) is 2.23. The molecule has 0 saturated carbocycles. The van der Waals surface area contributed by atoms with Crippen molar-refractivity contribution in [2.24, 2.45) is 0 Å². The summed E-state index contributed by atoms with van der Waals surface area (Å²) in [4.78, 5) is 12.4. The number of aryl methyl sites for hydroxylation is 1. The van der Waals surface area contributed by atoms with Crippen molar-refractivity contribution in [3.8, 4) is 0 Å². The molecule has 0 spiro atoms. The minimum absolute atomic E-state index is 0.0157. The summed E-state index contributed by atoms with van der Waals surface area (Å²) in [5, 5.41) is 2.64. The van der Waals surface area contributed by atoms with Crippen LogP contribution in [0.1, 0.15) is 43.1 Å². The largest absolute Gasteiger partial charge is 0.322 e. The molecule has 0 aliphatic heterocycles. The summed E-state index contributed by atoms with van der Waals surface area (Å²) in [6, 6.07) is 10.0. The molecule has 0 bridgehead atoms. The molecule has 1 amide bonds. The summed E-state index contributed by atoms with van der Waals surface area (Å²) in [6.07, 6.45) is 0.621. The van der Waals surface area contributed by atoms with Gasteiger partial charge in [0.1, 0.15) is 5.82 Å². The van der Waals surface area contributed by atoms with Gasteiger partial charge in [0.15, 0.2) is 0 Å². The molecule has 2 aromatic rings. The highest BCUT2D eigenvalue weighted by atomic mass is 32.2. The molecule has 2 rings (SSSR count). The van der Waals surface area contributed by atoms with E-state index in [9.17, 15) is 17.6 Å². The number of carbonyl (C=O) groups excluding carboxylic acids is 1. The number of carbonyl (C=O) groups is 1. The highest BCUT2D eigenvalue weighted by Gasteiger charge is 2.25. The van der Waals surface area contributed by atoms with Crippen molar-refractivity contribution < 1.29 is 17.6 Å². The van der Waals surface area contributed by atoms with Crippen molar-refractivity contribution in [2.75, 3.05) is 5.32 Å². The van der Waals surface area contributed by atoms with Crippen LogP contribution in [0.3, 0.4) is 0 Å². The topological polar surface area (TPSA) is 75.3 Å². The predicted molar refractivity (Wildman–Crippen MR) is 100 cm³/mol. The fraction of sp³-hybridized carbons (Fsp3) is 0.316. The maximum atomic E-state index is 13.3. The van der Waals surface area contributed by atoms with Crippen molar-refractivity contribution >= 4 is 21.6 Å². The second-order valence-electron chi connectivity index (χ2n) is 6.79. The van der Waals surface area contributed by atoms with Crippen LogP contribution in [-0.4, -0.2) is 19.9 Å². The summed E-state index contributed by atoms with van der Waals surface area (Å²) in [5.41, 5.74) is 0.449. The minimum atomic E-state index is -3.75. The van der Waals surface area contributed by atoms with Crippen molar-refractivity contribution in [1.29, 1.82) is 0 Å². The fourth-order valence-corrected chi connectivity index (χ4v) is 3.75. The van der Waals surface area contributed by atoms with Gasteiger partial charge in [-0.1, -0.05) is 13.0 Å². The summed E-state index contributed by atoms with van der Waals surface area (Å²) >= 11 is 0. The van der Waals surface area contributed by atoms with E-state index in [-0.39, 0.29) is 16.3 Å². The number of amides is 1. The molecule has 140 valence electrons. The van der Waals surface area contributed by atoms with Crippen LogP contribution < -0.4 is 10.0 Å². The average molecular weight is 378 g/mol. The second kappa shape index (κ2) is 7.55. The first-order valence-electron chi connectivity index (χ1n) is 8.25. The summed E-state index contributed by atoms with van der Waals surface area (Å²) in [7, 11) is -3.75. The number of halogens is 1. The Balaban J connectivity index is 2.25. The molecule has 0 saturated heterocycles. The zero-order valence-corrected chi connectivity index (χ0v) is 16.1. The van der Waals surface area contributed by atoms with Gasteiger partial charge in [-0.05, 0) is 69.2 Å². The van der Waals surface area contributed by atoms with E-state index >= 15 is 0 Å². The highest BCUT2D eigenvalue weighted by Crippen LogP contribution is 2.18. The number of hydrogen-bond acceptors (Lipinski definition) is 3. The molecule has 26 heavy (non-hydrogen) atoms. The van der Waals surface area contributed by atoms with Crippen molar-refractivity contribution in [1.82, 2.24) is 4.72 Å². The Morgan fingerprint density at radius 2 is 1.85 bits per heavy atom. The Morgan fingerprint density at radius 3 is 2.46 bits per heavy atom. The quantitative estimate of drug-likeness (QED) is 0.802.